The Labute approximate surface area is 108 Å². The molecule has 0 amide bonds. The van der Waals surface area contributed by atoms with Gasteiger partial charge in [-0.25, -0.2) is 0 Å². The van der Waals surface area contributed by atoms with Gasteiger partial charge >= 0.3 is 0 Å². The molecule has 17 heavy (non-hydrogen) atoms. The Morgan fingerprint density at radius 1 is 1.29 bits per heavy atom. The molecule has 1 heterocycles. The zero-order valence-corrected chi connectivity index (χ0v) is 11.2. The van der Waals surface area contributed by atoms with Crippen LogP contribution >= 0.6 is 11.8 Å². The zero-order valence-electron chi connectivity index (χ0n) is 10.4. The first kappa shape index (κ1) is 11.6. The molecular weight excluding hydrogens is 228 g/mol. The molecule has 2 heteroatoms. The summed E-state index contributed by atoms with van der Waals surface area (Å²) in [6, 6.07) is 8.57. The summed E-state index contributed by atoms with van der Waals surface area (Å²) >= 11 is 1.90. The summed E-state index contributed by atoms with van der Waals surface area (Å²) in [6.07, 6.45) is 4.85. The Kier molecular flexibility index (Phi) is 2.95. The fourth-order valence-electron chi connectivity index (χ4n) is 3.05. The summed E-state index contributed by atoms with van der Waals surface area (Å²) in [5, 5.41) is 11.3. The Morgan fingerprint density at radius 2 is 2.06 bits per heavy atom. The largest absolute Gasteiger partial charge is 0.384 e. The van der Waals surface area contributed by atoms with Gasteiger partial charge in [0.1, 0.15) is 5.60 Å². The van der Waals surface area contributed by atoms with E-state index in [0.29, 0.717) is 11.2 Å². The van der Waals surface area contributed by atoms with E-state index in [-0.39, 0.29) is 0 Å². The third-order valence-electron chi connectivity index (χ3n) is 4.50. The first-order chi connectivity index (χ1) is 8.22. The molecule has 0 spiro atoms. The summed E-state index contributed by atoms with van der Waals surface area (Å²) < 4.78 is 0. The van der Waals surface area contributed by atoms with Crippen LogP contribution in [-0.4, -0.2) is 16.1 Å². The van der Waals surface area contributed by atoms with Crippen molar-refractivity contribution in [2.24, 2.45) is 0 Å². The van der Waals surface area contributed by atoms with E-state index in [9.17, 15) is 5.11 Å². The number of hydrogen-bond acceptors (Lipinski definition) is 2. The van der Waals surface area contributed by atoms with E-state index in [2.05, 4.69) is 31.2 Å². The number of hydrogen-bond donors (Lipinski definition) is 1. The molecule has 2 aliphatic rings. The summed E-state index contributed by atoms with van der Waals surface area (Å²) in [7, 11) is 0. The van der Waals surface area contributed by atoms with E-state index >= 15 is 0 Å². The van der Waals surface area contributed by atoms with Crippen molar-refractivity contribution >= 4 is 11.8 Å². The monoisotopic (exact) mass is 248 g/mol. The number of benzene rings is 1. The predicted molar refractivity (Wildman–Crippen MR) is 73.5 cm³/mol. The van der Waals surface area contributed by atoms with Gasteiger partial charge in [-0.15, -0.1) is 0 Å². The number of thioether (sulfide) groups is 1. The van der Waals surface area contributed by atoms with Crippen molar-refractivity contribution in [2.75, 3.05) is 5.75 Å². The molecule has 0 bridgehead atoms. The van der Waals surface area contributed by atoms with E-state index in [1.165, 1.54) is 30.4 Å². The number of rotatable bonds is 2. The average molecular weight is 248 g/mol. The van der Waals surface area contributed by atoms with Crippen LogP contribution in [0.4, 0.5) is 0 Å². The molecule has 2 fully saturated rings. The lowest BCUT2D eigenvalue weighted by Crippen LogP contribution is -2.33. The van der Waals surface area contributed by atoms with E-state index in [1.807, 2.05) is 11.8 Å². The smallest absolute Gasteiger partial charge is 0.102 e. The SMILES string of the molecule is CC1SCCC1(O)c1ccccc1C1CCC1. The van der Waals surface area contributed by atoms with Crippen LogP contribution in [0.1, 0.15) is 49.7 Å². The van der Waals surface area contributed by atoms with Crippen molar-refractivity contribution in [3.05, 3.63) is 35.4 Å². The van der Waals surface area contributed by atoms with Gasteiger partial charge in [0.15, 0.2) is 0 Å². The molecule has 2 unspecified atom stereocenters. The van der Waals surface area contributed by atoms with Gasteiger partial charge < -0.3 is 5.11 Å². The molecule has 1 N–H and O–H groups in total. The Hall–Kier alpha value is -0.470. The van der Waals surface area contributed by atoms with E-state index in [0.717, 1.165) is 12.2 Å². The summed E-state index contributed by atoms with van der Waals surface area (Å²) in [6.45, 7) is 2.16. The van der Waals surface area contributed by atoms with E-state index < -0.39 is 5.60 Å². The van der Waals surface area contributed by atoms with Crippen LogP contribution in [0.3, 0.4) is 0 Å². The van der Waals surface area contributed by atoms with Crippen LogP contribution in [-0.2, 0) is 5.60 Å². The summed E-state index contributed by atoms with van der Waals surface area (Å²) in [5.41, 5.74) is 2.04. The van der Waals surface area contributed by atoms with Crippen molar-refractivity contribution in [2.45, 2.75) is 49.4 Å². The van der Waals surface area contributed by atoms with Gasteiger partial charge in [0.25, 0.3) is 0 Å². The van der Waals surface area contributed by atoms with Crippen LogP contribution in [0.25, 0.3) is 0 Å². The fourth-order valence-corrected chi connectivity index (χ4v) is 4.36. The maximum atomic E-state index is 11.0. The van der Waals surface area contributed by atoms with E-state index in [4.69, 9.17) is 0 Å². The van der Waals surface area contributed by atoms with Gasteiger partial charge in [-0.1, -0.05) is 37.6 Å². The molecule has 0 radical (unpaired) electrons. The van der Waals surface area contributed by atoms with Crippen LogP contribution in [0.2, 0.25) is 0 Å². The fraction of sp³-hybridized carbons (Fsp3) is 0.600. The first-order valence-electron chi connectivity index (χ1n) is 6.65. The molecule has 1 saturated carbocycles. The quantitative estimate of drug-likeness (QED) is 0.862. The van der Waals surface area contributed by atoms with Gasteiger partial charge in [0.2, 0.25) is 0 Å². The van der Waals surface area contributed by atoms with Crippen molar-refractivity contribution < 1.29 is 5.11 Å². The third-order valence-corrected chi connectivity index (χ3v) is 5.83. The Bertz CT molecular complexity index is 413. The lowest BCUT2D eigenvalue weighted by atomic mass is 9.74. The van der Waals surface area contributed by atoms with Gasteiger partial charge in [0.05, 0.1) is 0 Å². The standard InChI is InChI=1S/C15H20OS/c1-11-15(16,9-10-17-11)14-8-3-2-7-13(14)12-5-4-6-12/h2-3,7-8,11-12,16H,4-6,9-10H2,1H3. The highest BCUT2D eigenvalue weighted by molar-refractivity contribution is 8.00. The van der Waals surface area contributed by atoms with Gasteiger partial charge in [-0.3, -0.25) is 0 Å². The van der Waals surface area contributed by atoms with Gasteiger partial charge in [-0.05, 0) is 42.1 Å². The molecule has 1 nitrogen and oxygen atoms in total. The molecule has 1 saturated heterocycles. The maximum Gasteiger partial charge on any atom is 0.102 e. The zero-order chi connectivity index (χ0) is 11.9. The molecular formula is C15H20OS. The van der Waals surface area contributed by atoms with Crippen LogP contribution in [0.5, 0.6) is 0 Å². The van der Waals surface area contributed by atoms with E-state index in [1.54, 1.807) is 0 Å². The summed E-state index contributed by atoms with van der Waals surface area (Å²) in [4.78, 5) is 0. The molecule has 1 aromatic rings. The lowest BCUT2D eigenvalue weighted by Gasteiger charge is -2.35. The second-order valence-electron chi connectivity index (χ2n) is 5.40. The minimum absolute atomic E-state index is 0.323. The Balaban J connectivity index is 2.01. The van der Waals surface area contributed by atoms with Crippen LogP contribution in [0.15, 0.2) is 24.3 Å². The third kappa shape index (κ3) is 1.82. The van der Waals surface area contributed by atoms with Crippen molar-refractivity contribution in [1.82, 2.24) is 0 Å². The normalized spacial score (nSPS) is 33.6. The van der Waals surface area contributed by atoms with Gasteiger partial charge in [-0.2, -0.15) is 11.8 Å². The average Bonchev–Trinajstić information content (AvgIpc) is 2.59. The number of aliphatic hydroxyl groups is 1. The van der Waals surface area contributed by atoms with Crippen molar-refractivity contribution in [1.29, 1.82) is 0 Å². The molecule has 92 valence electrons. The highest BCUT2D eigenvalue weighted by Crippen LogP contribution is 2.47. The first-order valence-corrected chi connectivity index (χ1v) is 7.70. The van der Waals surface area contributed by atoms with Crippen LogP contribution < -0.4 is 0 Å². The minimum atomic E-state index is -0.586. The molecule has 0 aromatic heterocycles. The molecule has 1 aliphatic heterocycles. The predicted octanol–water partition coefficient (Wildman–Crippen LogP) is 3.67. The highest BCUT2D eigenvalue weighted by atomic mass is 32.2. The van der Waals surface area contributed by atoms with Crippen LogP contribution in [0, 0.1) is 0 Å². The minimum Gasteiger partial charge on any atom is -0.384 e. The second-order valence-corrected chi connectivity index (χ2v) is 6.85. The van der Waals surface area contributed by atoms with Crippen molar-refractivity contribution in [3.63, 3.8) is 0 Å². The van der Waals surface area contributed by atoms with Crippen molar-refractivity contribution in [3.8, 4) is 0 Å². The molecule has 1 aromatic carbocycles. The topological polar surface area (TPSA) is 20.2 Å². The molecule has 3 rings (SSSR count). The summed E-state index contributed by atoms with van der Waals surface area (Å²) in [5.74, 6) is 1.78. The second kappa shape index (κ2) is 4.33. The Morgan fingerprint density at radius 3 is 2.65 bits per heavy atom. The highest BCUT2D eigenvalue weighted by Gasteiger charge is 2.42. The molecule has 1 aliphatic carbocycles. The lowest BCUT2D eigenvalue weighted by molar-refractivity contribution is 0.0410. The molecule has 2 atom stereocenters. The van der Waals surface area contributed by atoms with Gasteiger partial charge in [0, 0.05) is 5.25 Å². The maximum absolute atomic E-state index is 11.0.